The first kappa shape index (κ1) is 15.4. The number of nitrogens with zero attached hydrogens (tertiary/aromatic N) is 1. The SMILES string of the molecule is Cc1ncc2ccc(-c3ccc(S(C)(=O)=O)cc3)cc2c1I. The summed E-state index contributed by atoms with van der Waals surface area (Å²) in [6, 6.07) is 13.2. The number of hydrogen-bond acceptors (Lipinski definition) is 3. The Morgan fingerprint density at radius 2 is 1.64 bits per heavy atom. The average Bonchev–Trinajstić information content (AvgIpc) is 2.50. The maximum Gasteiger partial charge on any atom is 0.175 e. The zero-order valence-electron chi connectivity index (χ0n) is 12.2. The molecule has 0 aliphatic carbocycles. The Morgan fingerprint density at radius 1 is 1.00 bits per heavy atom. The van der Waals surface area contributed by atoms with Crippen molar-refractivity contribution >= 4 is 43.2 Å². The lowest BCUT2D eigenvalue weighted by atomic mass is 10.0. The fraction of sp³-hybridized carbons (Fsp3) is 0.118. The van der Waals surface area contributed by atoms with Gasteiger partial charge in [-0.15, -0.1) is 0 Å². The van der Waals surface area contributed by atoms with E-state index in [-0.39, 0.29) is 0 Å². The minimum absolute atomic E-state index is 0.340. The van der Waals surface area contributed by atoms with Crippen LogP contribution in [-0.4, -0.2) is 19.7 Å². The van der Waals surface area contributed by atoms with E-state index in [0.717, 1.165) is 31.2 Å². The second-order valence-electron chi connectivity index (χ2n) is 5.26. The van der Waals surface area contributed by atoms with Crippen molar-refractivity contribution in [1.29, 1.82) is 0 Å². The minimum atomic E-state index is -3.16. The molecule has 3 rings (SSSR count). The van der Waals surface area contributed by atoms with Gasteiger partial charge in [-0.25, -0.2) is 8.42 Å². The zero-order valence-corrected chi connectivity index (χ0v) is 15.1. The number of aryl methyl sites for hydroxylation is 1. The molecule has 0 bridgehead atoms. The summed E-state index contributed by atoms with van der Waals surface area (Å²) in [7, 11) is -3.16. The molecule has 0 aliphatic rings. The lowest BCUT2D eigenvalue weighted by molar-refractivity contribution is 0.602. The summed E-state index contributed by atoms with van der Waals surface area (Å²) in [5.41, 5.74) is 3.08. The Bertz CT molecular complexity index is 964. The summed E-state index contributed by atoms with van der Waals surface area (Å²) < 4.78 is 24.2. The van der Waals surface area contributed by atoms with Crippen LogP contribution in [0.3, 0.4) is 0 Å². The van der Waals surface area contributed by atoms with Crippen LogP contribution in [0.2, 0.25) is 0 Å². The summed E-state index contributed by atoms with van der Waals surface area (Å²) in [5, 5.41) is 2.27. The Hall–Kier alpha value is -1.47. The maximum atomic E-state index is 11.5. The highest BCUT2D eigenvalue weighted by molar-refractivity contribution is 14.1. The van der Waals surface area contributed by atoms with Crippen LogP contribution in [0.1, 0.15) is 5.69 Å². The van der Waals surface area contributed by atoms with Crippen LogP contribution in [-0.2, 0) is 9.84 Å². The highest BCUT2D eigenvalue weighted by Gasteiger charge is 2.08. The van der Waals surface area contributed by atoms with Crippen LogP contribution >= 0.6 is 22.6 Å². The molecule has 0 radical (unpaired) electrons. The summed E-state index contributed by atoms with van der Waals surface area (Å²) in [4.78, 5) is 4.71. The van der Waals surface area contributed by atoms with Crippen molar-refractivity contribution in [3.05, 3.63) is 57.9 Å². The van der Waals surface area contributed by atoms with Crippen molar-refractivity contribution < 1.29 is 8.42 Å². The number of aromatic nitrogens is 1. The van der Waals surface area contributed by atoms with Gasteiger partial charge in [0.1, 0.15) is 0 Å². The Kier molecular flexibility index (Phi) is 3.94. The Morgan fingerprint density at radius 3 is 2.27 bits per heavy atom. The predicted molar refractivity (Wildman–Crippen MR) is 97.7 cm³/mol. The minimum Gasteiger partial charge on any atom is -0.260 e. The fourth-order valence-corrected chi connectivity index (χ4v) is 3.59. The summed E-state index contributed by atoms with van der Waals surface area (Å²) in [6.07, 6.45) is 3.10. The van der Waals surface area contributed by atoms with Crippen LogP contribution in [0.5, 0.6) is 0 Å². The van der Waals surface area contributed by atoms with Crippen molar-refractivity contribution in [2.45, 2.75) is 11.8 Å². The molecule has 3 nitrogen and oxygen atoms in total. The molecule has 0 saturated heterocycles. The van der Waals surface area contributed by atoms with Gasteiger partial charge >= 0.3 is 0 Å². The van der Waals surface area contributed by atoms with Gasteiger partial charge in [-0.1, -0.05) is 24.3 Å². The van der Waals surface area contributed by atoms with Crippen LogP contribution in [0.25, 0.3) is 21.9 Å². The molecule has 1 aromatic heterocycles. The van der Waals surface area contributed by atoms with Gasteiger partial charge in [0, 0.05) is 21.4 Å². The van der Waals surface area contributed by atoms with E-state index in [9.17, 15) is 8.42 Å². The van der Waals surface area contributed by atoms with Crippen LogP contribution in [0, 0.1) is 10.5 Å². The number of rotatable bonds is 2. The topological polar surface area (TPSA) is 47.0 Å². The lowest BCUT2D eigenvalue weighted by Crippen LogP contribution is -1.96. The van der Waals surface area contributed by atoms with E-state index in [4.69, 9.17) is 0 Å². The van der Waals surface area contributed by atoms with E-state index in [2.05, 4.69) is 33.6 Å². The van der Waals surface area contributed by atoms with Crippen LogP contribution < -0.4 is 0 Å². The van der Waals surface area contributed by atoms with E-state index in [1.807, 2.05) is 37.4 Å². The number of pyridine rings is 1. The molecule has 5 heteroatoms. The molecule has 0 unspecified atom stereocenters. The van der Waals surface area contributed by atoms with Crippen LogP contribution in [0.15, 0.2) is 53.6 Å². The predicted octanol–water partition coefficient (Wildman–Crippen LogP) is 4.22. The molecular formula is C17H14INO2S. The van der Waals surface area contributed by atoms with E-state index in [0.29, 0.717) is 4.90 Å². The normalized spacial score (nSPS) is 11.8. The van der Waals surface area contributed by atoms with Gasteiger partial charge in [0.2, 0.25) is 0 Å². The summed E-state index contributed by atoms with van der Waals surface area (Å²) >= 11 is 2.31. The third-order valence-corrected chi connectivity index (χ3v) is 6.11. The first-order valence-electron chi connectivity index (χ1n) is 6.71. The smallest absolute Gasteiger partial charge is 0.175 e. The quantitative estimate of drug-likeness (QED) is 0.580. The second kappa shape index (κ2) is 5.62. The maximum absolute atomic E-state index is 11.5. The van der Waals surface area contributed by atoms with Crippen molar-refractivity contribution in [3.8, 4) is 11.1 Å². The van der Waals surface area contributed by atoms with Crippen LogP contribution in [0.4, 0.5) is 0 Å². The monoisotopic (exact) mass is 423 g/mol. The molecule has 0 fully saturated rings. The standard InChI is InChI=1S/C17H14INO2S/c1-11-17(18)16-9-13(3-4-14(16)10-19-11)12-5-7-15(8-6-12)22(2,20)21/h3-10H,1-2H3. The summed E-state index contributed by atoms with van der Waals surface area (Å²) in [6.45, 7) is 1.99. The molecule has 0 spiro atoms. The number of halogens is 1. The van der Waals surface area contributed by atoms with Crippen molar-refractivity contribution in [1.82, 2.24) is 4.98 Å². The van der Waals surface area contributed by atoms with Gasteiger partial charge in [-0.05, 0) is 64.2 Å². The molecule has 1 heterocycles. The lowest BCUT2D eigenvalue weighted by Gasteiger charge is -2.08. The highest BCUT2D eigenvalue weighted by atomic mass is 127. The van der Waals surface area contributed by atoms with Gasteiger partial charge in [-0.3, -0.25) is 4.98 Å². The van der Waals surface area contributed by atoms with Crippen molar-refractivity contribution in [2.75, 3.05) is 6.26 Å². The molecule has 0 atom stereocenters. The number of benzene rings is 2. The first-order chi connectivity index (χ1) is 10.4. The van der Waals surface area contributed by atoms with Gasteiger partial charge < -0.3 is 0 Å². The average molecular weight is 423 g/mol. The Balaban J connectivity index is 2.12. The number of hydrogen-bond donors (Lipinski definition) is 0. The third-order valence-electron chi connectivity index (χ3n) is 3.62. The van der Waals surface area contributed by atoms with E-state index in [1.54, 1.807) is 12.1 Å². The van der Waals surface area contributed by atoms with Crippen molar-refractivity contribution in [2.24, 2.45) is 0 Å². The highest BCUT2D eigenvalue weighted by Crippen LogP contribution is 2.28. The number of sulfone groups is 1. The Labute approximate surface area is 143 Å². The molecule has 0 aliphatic heterocycles. The zero-order chi connectivity index (χ0) is 15.9. The van der Waals surface area contributed by atoms with E-state index < -0.39 is 9.84 Å². The van der Waals surface area contributed by atoms with Gasteiger partial charge in [0.25, 0.3) is 0 Å². The molecule has 22 heavy (non-hydrogen) atoms. The summed E-state index contributed by atoms with van der Waals surface area (Å²) in [5.74, 6) is 0. The second-order valence-corrected chi connectivity index (χ2v) is 8.35. The molecule has 0 saturated carbocycles. The fourth-order valence-electron chi connectivity index (χ4n) is 2.35. The molecular weight excluding hydrogens is 409 g/mol. The van der Waals surface area contributed by atoms with Gasteiger partial charge in [0.15, 0.2) is 9.84 Å². The van der Waals surface area contributed by atoms with E-state index >= 15 is 0 Å². The largest absolute Gasteiger partial charge is 0.260 e. The van der Waals surface area contributed by atoms with E-state index in [1.165, 1.54) is 6.26 Å². The molecule has 112 valence electrons. The molecule has 0 N–H and O–H groups in total. The molecule has 3 aromatic rings. The van der Waals surface area contributed by atoms with Gasteiger partial charge in [-0.2, -0.15) is 0 Å². The van der Waals surface area contributed by atoms with Crippen molar-refractivity contribution in [3.63, 3.8) is 0 Å². The third kappa shape index (κ3) is 2.87. The molecule has 0 amide bonds. The first-order valence-corrected chi connectivity index (χ1v) is 9.68. The van der Waals surface area contributed by atoms with Gasteiger partial charge in [0.05, 0.1) is 10.6 Å². The molecule has 2 aromatic carbocycles. The number of fused-ring (bicyclic) bond motifs is 1.